The van der Waals surface area contributed by atoms with Crippen LogP contribution >= 0.6 is 0 Å². The largest absolute Gasteiger partial charge is 0.388 e. The molecule has 0 saturated carbocycles. The minimum atomic E-state index is -0.0276. The van der Waals surface area contributed by atoms with Gasteiger partial charge in [-0.2, -0.15) is 0 Å². The maximum atomic E-state index is 9.17. The number of hydrogen-bond acceptors (Lipinski definition) is 3. The highest BCUT2D eigenvalue weighted by Crippen LogP contribution is 2.14. The Morgan fingerprint density at radius 1 is 1.12 bits per heavy atom. The normalized spacial score (nSPS) is 11.3. The Bertz CT molecular complexity index is 307. The van der Waals surface area contributed by atoms with E-state index in [2.05, 4.69) is 31.0 Å². The van der Waals surface area contributed by atoms with Gasteiger partial charge in [0, 0.05) is 12.5 Å². The number of aliphatic hydroxyl groups is 1. The first-order valence-electron chi connectivity index (χ1n) is 6.24. The molecule has 0 aliphatic rings. The lowest BCUT2D eigenvalue weighted by molar-refractivity contribution is 0.261. The molecule has 1 N–H and O–H groups in total. The van der Waals surface area contributed by atoms with Crippen LogP contribution in [0.3, 0.4) is 0 Å². The molecule has 4 heteroatoms. The third kappa shape index (κ3) is 3.30. The molecule has 0 spiro atoms. The van der Waals surface area contributed by atoms with E-state index in [0.717, 1.165) is 18.7 Å². The van der Waals surface area contributed by atoms with Crippen LogP contribution in [0.5, 0.6) is 0 Å². The van der Waals surface area contributed by atoms with Gasteiger partial charge in [-0.25, -0.2) is 0 Å². The van der Waals surface area contributed by atoms with Crippen LogP contribution in [0, 0.1) is 0 Å². The number of aromatic nitrogens is 3. The summed E-state index contributed by atoms with van der Waals surface area (Å²) in [6, 6.07) is 0.318. The van der Waals surface area contributed by atoms with Crippen LogP contribution < -0.4 is 0 Å². The topological polar surface area (TPSA) is 50.9 Å². The van der Waals surface area contributed by atoms with Gasteiger partial charge in [-0.1, -0.05) is 26.2 Å². The van der Waals surface area contributed by atoms with Crippen molar-refractivity contribution in [3.8, 4) is 0 Å². The van der Waals surface area contributed by atoms with E-state index in [9.17, 15) is 0 Å². The lowest BCUT2D eigenvalue weighted by Crippen LogP contribution is -2.10. The number of aryl methyl sites for hydroxylation is 1. The molecule has 92 valence electrons. The maximum Gasteiger partial charge on any atom is 0.159 e. The van der Waals surface area contributed by atoms with Crippen LogP contribution in [0.4, 0.5) is 0 Å². The van der Waals surface area contributed by atoms with Gasteiger partial charge in [0.1, 0.15) is 12.4 Å². The molecule has 4 nitrogen and oxygen atoms in total. The highest BCUT2D eigenvalue weighted by Gasteiger charge is 2.13. The van der Waals surface area contributed by atoms with E-state index in [-0.39, 0.29) is 6.61 Å². The average molecular weight is 225 g/mol. The molecule has 1 aromatic heterocycles. The highest BCUT2D eigenvalue weighted by molar-refractivity contribution is 4.97. The van der Waals surface area contributed by atoms with Gasteiger partial charge in [0.2, 0.25) is 0 Å². The molecule has 0 amide bonds. The quantitative estimate of drug-likeness (QED) is 0.725. The van der Waals surface area contributed by atoms with Gasteiger partial charge in [0.15, 0.2) is 5.82 Å². The molecule has 1 aromatic rings. The average Bonchev–Trinajstić information content (AvgIpc) is 2.67. The second-order valence-corrected chi connectivity index (χ2v) is 4.46. The van der Waals surface area contributed by atoms with Crippen molar-refractivity contribution in [2.24, 2.45) is 0 Å². The second-order valence-electron chi connectivity index (χ2n) is 4.46. The van der Waals surface area contributed by atoms with E-state index in [1.807, 2.05) is 4.57 Å². The highest BCUT2D eigenvalue weighted by atomic mass is 16.3. The Morgan fingerprint density at radius 3 is 2.38 bits per heavy atom. The minimum Gasteiger partial charge on any atom is -0.388 e. The summed E-state index contributed by atoms with van der Waals surface area (Å²) in [4.78, 5) is 0. The molecule has 0 aliphatic carbocycles. The van der Waals surface area contributed by atoms with E-state index in [4.69, 9.17) is 5.11 Å². The zero-order chi connectivity index (χ0) is 12.0. The molecule has 1 heterocycles. The molecule has 16 heavy (non-hydrogen) atoms. The summed E-state index contributed by atoms with van der Waals surface area (Å²) in [5.74, 6) is 1.69. The summed E-state index contributed by atoms with van der Waals surface area (Å²) in [5, 5.41) is 17.3. The summed E-state index contributed by atoms with van der Waals surface area (Å²) in [7, 11) is 0. The van der Waals surface area contributed by atoms with Gasteiger partial charge >= 0.3 is 0 Å². The Morgan fingerprint density at radius 2 is 1.81 bits per heavy atom. The van der Waals surface area contributed by atoms with Gasteiger partial charge in [-0.15, -0.1) is 10.2 Å². The third-order valence-electron chi connectivity index (χ3n) is 2.75. The fourth-order valence-corrected chi connectivity index (χ4v) is 1.94. The molecular weight excluding hydrogens is 202 g/mol. The van der Waals surface area contributed by atoms with Gasteiger partial charge in [-0.3, -0.25) is 0 Å². The van der Waals surface area contributed by atoms with Crippen LogP contribution in [0.1, 0.15) is 64.1 Å². The molecule has 0 fully saturated rings. The van der Waals surface area contributed by atoms with Crippen LogP contribution in [0.2, 0.25) is 0 Å². The zero-order valence-electron chi connectivity index (χ0n) is 10.6. The van der Waals surface area contributed by atoms with Crippen molar-refractivity contribution in [2.45, 2.75) is 65.5 Å². The van der Waals surface area contributed by atoms with E-state index in [0.29, 0.717) is 11.9 Å². The fourth-order valence-electron chi connectivity index (χ4n) is 1.94. The van der Waals surface area contributed by atoms with E-state index in [1.54, 1.807) is 0 Å². The predicted octanol–water partition coefficient (Wildman–Crippen LogP) is 2.47. The van der Waals surface area contributed by atoms with Crippen molar-refractivity contribution in [2.75, 3.05) is 0 Å². The Balaban J connectivity index is 2.61. The SMILES string of the molecule is CCCCCCc1nnc(CO)n1C(C)C. The van der Waals surface area contributed by atoms with Crippen molar-refractivity contribution in [1.82, 2.24) is 14.8 Å². The summed E-state index contributed by atoms with van der Waals surface area (Å²) in [6.45, 7) is 6.37. The molecule has 0 radical (unpaired) electrons. The van der Waals surface area contributed by atoms with Crippen molar-refractivity contribution in [1.29, 1.82) is 0 Å². The summed E-state index contributed by atoms with van der Waals surface area (Å²) in [5.41, 5.74) is 0. The lowest BCUT2D eigenvalue weighted by Gasteiger charge is -2.12. The summed E-state index contributed by atoms with van der Waals surface area (Å²) in [6.07, 6.45) is 5.90. The fraction of sp³-hybridized carbons (Fsp3) is 0.833. The first-order chi connectivity index (χ1) is 7.70. The van der Waals surface area contributed by atoms with Gasteiger partial charge in [0.05, 0.1) is 0 Å². The number of aliphatic hydroxyl groups excluding tert-OH is 1. The molecule has 0 saturated heterocycles. The maximum absolute atomic E-state index is 9.17. The number of unbranched alkanes of at least 4 members (excludes halogenated alkanes) is 3. The molecule has 0 atom stereocenters. The molecule has 0 aliphatic heterocycles. The van der Waals surface area contributed by atoms with Crippen molar-refractivity contribution in [3.63, 3.8) is 0 Å². The van der Waals surface area contributed by atoms with Crippen molar-refractivity contribution < 1.29 is 5.11 Å². The zero-order valence-corrected chi connectivity index (χ0v) is 10.6. The Labute approximate surface area is 97.7 Å². The molecule has 1 rings (SSSR count). The Kier molecular flexibility index (Phi) is 5.46. The van der Waals surface area contributed by atoms with Gasteiger partial charge in [0.25, 0.3) is 0 Å². The first kappa shape index (κ1) is 13.2. The van der Waals surface area contributed by atoms with Crippen molar-refractivity contribution in [3.05, 3.63) is 11.6 Å². The minimum absolute atomic E-state index is 0.0276. The molecule has 0 bridgehead atoms. The third-order valence-corrected chi connectivity index (χ3v) is 2.75. The second kappa shape index (κ2) is 6.63. The van der Waals surface area contributed by atoms with Crippen LogP contribution in [-0.2, 0) is 13.0 Å². The lowest BCUT2D eigenvalue weighted by atomic mass is 10.1. The molecule has 0 aromatic carbocycles. The van der Waals surface area contributed by atoms with E-state index < -0.39 is 0 Å². The Hall–Kier alpha value is -0.900. The predicted molar refractivity (Wildman–Crippen MR) is 64.2 cm³/mol. The van der Waals surface area contributed by atoms with Crippen LogP contribution in [-0.4, -0.2) is 19.9 Å². The van der Waals surface area contributed by atoms with E-state index in [1.165, 1.54) is 19.3 Å². The van der Waals surface area contributed by atoms with Crippen LogP contribution in [0.15, 0.2) is 0 Å². The number of nitrogens with zero attached hydrogens (tertiary/aromatic N) is 3. The molecular formula is C12H23N3O. The molecule has 0 unspecified atom stereocenters. The van der Waals surface area contributed by atoms with E-state index >= 15 is 0 Å². The number of hydrogen-bond donors (Lipinski definition) is 1. The van der Waals surface area contributed by atoms with Crippen molar-refractivity contribution >= 4 is 0 Å². The summed E-state index contributed by atoms with van der Waals surface area (Å²) < 4.78 is 2.05. The number of rotatable bonds is 7. The van der Waals surface area contributed by atoms with Crippen LogP contribution in [0.25, 0.3) is 0 Å². The van der Waals surface area contributed by atoms with Gasteiger partial charge < -0.3 is 9.67 Å². The first-order valence-corrected chi connectivity index (χ1v) is 6.24. The standard InChI is InChI=1S/C12H23N3O/c1-4-5-6-7-8-11-13-14-12(9-16)15(11)10(2)3/h10,16H,4-9H2,1-3H3. The van der Waals surface area contributed by atoms with Gasteiger partial charge in [-0.05, 0) is 20.3 Å². The summed E-state index contributed by atoms with van der Waals surface area (Å²) >= 11 is 0. The monoisotopic (exact) mass is 225 g/mol. The smallest absolute Gasteiger partial charge is 0.159 e.